The van der Waals surface area contributed by atoms with E-state index in [4.69, 9.17) is 9.72 Å². The number of carbonyl (C=O) groups is 1. The molecule has 0 spiro atoms. The molecule has 5 heteroatoms. The molecule has 3 aromatic rings. The second kappa shape index (κ2) is 7.56. The summed E-state index contributed by atoms with van der Waals surface area (Å²) in [6, 6.07) is 16.5. The summed E-state index contributed by atoms with van der Waals surface area (Å²) < 4.78 is 6.03. The number of hydrogen-bond donors (Lipinski definition) is 0. The third-order valence-electron chi connectivity index (χ3n) is 4.97. The van der Waals surface area contributed by atoms with Crippen LogP contribution < -0.4 is 0 Å². The Hall–Kier alpha value is -2.24. The molecule has 2 aromatic carbocycles. The summed E-state index contributed by atoms with van der Waals surface area (Å²) in [5, 5.41) is 1.22. The van der Waals surface area contributed by atoms with Crippen molar-refractivity contribution in [2.24, 2.45) is 0 Å². The molecule has 0 saturated carbocycles. The predicted molar refractivity (Wildman–Crippen MR) is 104 cm³/mol. The maximum absolute atomic E-state index is 11.6. The van der Waals surface area contributed by atoms with E-state index in [1.165, 1.54) is 35.2 Å². The van der Waals surface area contributed by atoms with Crippen molar-refractivity contribution in [3.63, 3.8) is 0 Å². The first-order valence-corrected chi connectivity index (χ1v) is 9.83. The Morgan fingerprint density at radius 1 is 1.19 bits per heavy atom. The van der Waals surface area contributed by atoms with Gasteiger partial charge in [-0.1, -0.05) is 30.7 Å². The van der Waals surface area contributed by atoms with Crippen LogP contribution in [0.3, 0.4) is 0 Å². The second-order valence-electron chi connectivity index (χ2n) is 6.69. The number of thiazole rings is 1. The van der Waals surface area contributed by atoms with Gasteiger partial charge in [0.15, 0.2) is 0 Å². The van der Waals surface area contributed by atoms with Gasteiger partial charge in [0, 0.05) is 6.54 Å². The first-order valence-electron chi connectivity index (χ1n) is 9.01. The number of ether oxygens (including phenoxy) is 1. The fourth-order valence-electron chi connectivity index (χ4n) is 3.59. The number of para-hydroxylation sites is 1. The number of piperidine rings is 1. The molecule has 0 unspecified atom stereocenters. The van der Waals surface area contributed by atoms with Gasteiger partial charge in [-0.3, -0.25) is 4.90 Å². The Morgan fingerprint density at radius 2 is 2.00 bits per heavy atom. The van der Waals surface area contributed by atoms with Crippen LogP contribution in [0.5, 0.6) is 0 Å². The molecule has 26 heavy (non-hydrogen) atoms. The highest BCUT2D eigenvalue weighted by Gasteiger charge is 2.26. The zero-order valence-electron chi connectivity index (χ0n) is 14.9. The Balaban J connectivity index is 1.54. The number of nitrogens with zero attached hydrogens (tertiary/aromatic N) is 2. The van der Waals surface area contributed by atoms with Gasteiger partial charge in [-0.15, -0.1) is 11.3 Å². The average Bonchev–Trinajstić information content (AvgIpc) is 3.12. The molecule has 4 rings (SSSR count). The first kappa shape index (κ1) is 17.2. The van der Waals surface area contributed by atoms with Crippen LogP contribution in [-0.2, 0) is 11.3 Å². The van der Waals surface area contributed by atoms with Gasteiger partial charge in [0.05, 0.1) is 28.9 Å². The maximum Gasteiger partial charge on any atom is 0.337 e. The van der Waals surface area contributed by atoms with E-state index in [0.29, 0.717) is 11.6 Å². The third-order valence-corrected chi connectivity index (χ3v) is 6.11. The molecule has 1 fully saturated rings. The summed E-state index contributed by atoms with van der Waals surface area (Å²) in [5.74, 6) is -0.290. The minimum atomic E-state index is -0.290. The summed E-state index contributed by atoms with van der Waals surface area (Å²) >= 11 is 1.81. The highest BCUT2D eigenvalue weighted by atomic mass is 32.1. The van der Waals surface area contributed by atoms with Gasteiger partial charge >= 0.3 is 5.97 Å². The lowest BCUT2D eigenvalue weighted by Gasteiger charge is -2.34. The number of methoxy groups -OCH3 is 1. The van der Waals surface area contributed by atoms with Crippen LogP contribution in [0, 0.1) is 0 Å². The smallest absolute Gasteiger partial charge is 0.337 e. The molecule has 2 heterocycles. The molecule has 0 amide bonds. The Labute approximate surface area is 157 Å². The van der Waals surface area contributed by atoms with Crippen LogP contribution in [0.15, 0.2) is 48.5 Å². The van der Waals surface area contributed by atoms with Crippen molar-refractivity contribution in [1.82, 2.24) is 9.88 Å². The number of aromatic nitrogens is 1. The van der Waals surface area contributed by atoms with Crippen LogP contribution in [0.2, 0.25) is 0 Å². The normalized spacial score (nSPS) is 18.1. The molecule has 1 aromatic heterocycles. The van der Waals surface area contributed by atoms with Gasteiger partial charge in [0.2, 0.25) is 0 Å². The van der Waals surface area contributed by atoms with Crippen LogP contribution in [0.1, 0.15) is 46.2 Å². The van der Waals surface area contributed by atoms with E-state index >= 15 is 0 Å². The van der Waals surface area contributed by atoms with Crippen molar-refractivity contribution in [2.45, 2.75) is 31.8 Å². The number of hydrogen-bond acceptors (Lipinski definition) is 5. The van der Waals surface area contributed by atoms with Crippen molar-refractivity contribution in [2.75, 3.05) is 13.7 Å². The van der Waals surface area contributed by atoms with E-state index in [9.17, 15) is 4.79 Å². The quantitative estimate of drug-likeness (QED) is 0.622. The van der Waals surface area contributed by atoms with E-state index < -0.39 is 0 Å². The average molecular weight is 366 g/mol. The van der Waals surface area contributed by atoms with Gasteiger partial charge in [-0.2, -0.15) is 0 Å². The molecule has 0 radical (unpaired) electrons. The maximum atomic E-state index is 11.6. The monoisotopic (exact) mass is 366 g/mol. The standard InChI is InChI=1S/C21H22N2O2S/c1-25-21(24)16-11-9-15(10-12-16)14-23-13-5-4-7-18(23)20-22-17-6-2-3-8-19(17)26-20/h2-3,6,8-12,18H,4-5,7,13-14H2,1H3/t18-/m0/s1. The molecule has 0 aliphatic carbocycles. The van der Waals surface area contributed by atoms with E-state index in [2.05, 4.69) is 23.1 Å². The van der Waals surface area contributed by atoms with E-state index in [-0.39, 0.29) is 5.97 Å². The van der Waals surface area contributed by atoms with Gasteiger partial charge in [-0.25, -0.2) is 9.78 Å². The van der Waals surface area contributed by atoms with Crippen LogP contribution in [0.4, 0.5) is 0 Å². The number of rotatable bonds is 4. The Bertz CT molecular complexity index is 871. The fraction of sp³-hybridized carbons (Fsp3) is 0.333. The van der Waals surface area contributed by atoms with Crippen molar-refractivity contribution < 1.29 is 9.53 Å². The van der Waals surface area contributed by atoms with Gasteiger partial charge < -0.3 is 4.74 Å². The fourth-order valence-corrected chi connectivity index (χ4v) is 4.73. The molecule has 1 saturated heterocycles. The number of carbonyl (C=O) groups excluding carboxylic acids is 1. The number of likely N-dealkylation sites (tertiary alicyclic amines) is 1. The lowest BCUT2D eigenvalue weighted by atomic mass is 10.0. The molecule has 0 bridgehead atoms. The van der Waals surface area contributed by atoms with Crippen molar-refractivity contribution >= 4 is 27.5 Å². The summed E-state index contributed by atoms with van der Waals surface area (Å²) in [4.78, 5) is 19.0. The van der Waals surface area contributed by atoms with E-state index in [1.54, 1.807) is 0 Å². The minimum absolute atomic E-state index is 0.290. The lowest BCUT2D eigenvalue weighted by Crippen LogP contribution is -2.32. The zero-order chi connectivity index (χ0) is 17.9. The van der Waals surface area contributed by atoms with Gasteiger partial charge in [-0.05, 0) is 49.2 Å². The number of benzene rings is 2. The largest absolute Gasteiger partial charge is 0.465 e. The van der Waals surface area contributed by atoms with Crippen molar-refractivity contribution in [1.29, 1.82) is 0 Å². The Kier molecular flexibility index (Phi) is 5.00. The van der Waals surface area contributed by atoms with Crippen molar-refractivity contribution in [3.8, 4) is 0 Å². The summed E-state index contributed by atoms with van der Waals surface area (Å²) in [6.07, 6.45) is 3.63. The van der Waals surface area contributed by atoms with E-state index in [0.717, 1.165) is 25.0 Å². The third kappa shape index (κ3) is 3.50. The number of esters is 1. The Morgan fingerprint density at radius 3 is 2.77 bits per heavy atom. The summed E-state index contributed by atoms with van der Waals surface area (Å²) in [5.41, 5.74) is 2.91. The lowest BCUT2D eigenvalue weighted by molar-refractivity contribution is 0.0600. The molecule has 0 N–H and O–H groups in total. The van der Waals surface area contributed by atoms with Crippen molar-refractivity contribution in [3.05, 3.63) is 64.7 Å². The highest BCUT2D eigenvalue weighted by molar-refractivity contribution is 7.18. The molecular weight excluding hydrogens is 344 g/mol. The zero-order valence-corrected chi connectivity index (χ0v) is 15.7. The highest BCUT2D eigenvalue weighted by Crippen LogP contribution is 2.36. The second-order valence-corrected chi connectivity index (χ2v) is 7.75. The first-order chi connectivity index (χ1) is 12.7. The van der Waals surface area contributed by atoms with Crippen LogP contribution in [-0.4, -0.2) is 29.5 Å². The molecule has 134 valence electrons. The predicted octanol–water partition coefficient (Wildman–Crippen LogP) is 4.81. The van der Waals surface area contributed by atoms with Gasteiger partial charge in [0.25, 0.3) is 0 Å². The van der Waals surface area contributed by atoms with Gasteiger partial charge in [0.1, 0.15) is 5.01 Å². The minimum Gasteiger partial charge on any atom is -0.465 e. The summed E-state index contributed by atoms with van der Waals surface area (Å²) in [7, 11) is 1.41. The molecule has 1 aliphatic rings. The van der Waals surface area contributed by atoms with Crippen LogP contribution in [0.25, 0.3) is 10.2 Å². The summed E-state index contributed by atoms with van der Waals surface area (Å²) in [6.45, 7) is 1.96. The molecule has 1 atom stereocenters. The number of fused-ring (bicyclic) bond motifs is 1. The molecule has 4 nitrogen and oxygen atoms in total. The molecule has 1 aliphatic heterocycles. The molecular formula is C21H22N2O2S. The van der Waals surface area contributed by atoms with Crippen LogP contribution >= 0.6 is 11.3 Å². The van der Waals surface area contributed by atoms with E-state index in [1.807, 2.05) is 41.7 Å². The SMILES string of the molecule is COC(=O)c1ccc(CN2CCCC[C@H]2c2nc3ccccc3s2)cc1. The topological polar surface area (TPSA) is 42.4 Å².